The van der Waals surface area contributed by atoms with Crippen molar-refractivity contribution < 1.29 is 9.72 Å². The van der Waals surface area contributed by atoms with Gasteiger partial charge in [-0.05, 0) is 18.6 Å². The van der Waals surface area contributed by atoms with Crippen LogP contribution in [0.3, 0.4) is 0 Å². The van der Waals surface area contributed by atoms with Gasteiger partial charge < -0.3 is 10.6 Å². The summed E-state index contributed by atoms with van der Waals surface area (Å²) < 4.78 is 0.665. The van der Waals surface area contributed by atoms with E-state index < -0.39 is 4.92 Å². The van der Waals surface area contributed by atoms with Gasteiger partial charge in [0.15, 0.2) is 0 Å². The van der Waals surface area contributed by atoms with Crippen LogP contribution in [0.5, 0.6) is 0 Å². The average Bonchev–Trinajstić information content (AvgIpc) is 2.29. The Morgan fingerprint density at radius 1 is 1.44 bits per heavy atom. The molecule has 18 heavy (non-hydrogen) atoms. The van der Waals surface area contributed by atoms with Gasteiger partial charge >= 0.3 is 0 Å². The Morgan fingerprint density at radius 3 is 2.78 bits per heavy atom. The number of anilines is 1. The second kappa shape index (κ2) is 6.95. The molecule has 0 aliphatic rings. The van der Waals surface area contributed by atoms with Crippen LogP contribution in [-0.4, -0.2) is 23.9 Å². The van der Waals surface area contributed by atoms with E-state index in [-0.39, 0.29) is 11.6 Å². The molecular formula is C11H14BrN3O3. The molecule has 0 fully saturated rings. The van der Waals surface area contributed by atoms with E-state index in [1.165, 1.54) is 13.0 Å². The van der Waals surface area contributed by atoms with Gasteiger partial charge in [0.2, 0.25) is 5.91 Å². The zero-order chi connectivity index (χ0) is 13.5. The highest BCUT2D eigenvalue weighted by Crippen LogP contribution is 2.27. The quantitative estimate of drug-likeness (QED) is 0.479. The SMILES string of the molecule is CC(=O)NCCCNc1ccc(Br)cc1[N+](=O)[O-]. The summed E-state index contributed by atoms with van der Waals surface area (Å²) in [5, 5.41) is 16.5. The fourth-order valence-electron chi connectivity index (χ4n) is 1.38. The summed E-state index contributed by atoms with van der Waals surface area (Å²) in [5.74, 6) is -0.0791. The summed E-state index contributed by atoms with van der Waals surface area (Å²) in [6.45, 7) is 2.56. The fourth-order valence-corrected chi connectivity index (χ4v) is 1.73. The van der Waals surface area contributed by atoms with Crippen molar-refractivity contribution in [2.24, 2.45) is 0 Å². The number of nitrogens with zero attached hydrogens (tertiary/aromatic N) is 1. The lowest BCUT2D eigenvalue weighted by Gasteiger charge is -2.07. The molecule has 0 aliphatic carbocycles. The van der Waals surface area contributed by atoms with Gasteiger partial charge in [-0.2, -0.15) is 0 Å². The predicted molar refractivity (Wildman–Crippen MR) is 72.6 cm³/mol. The topological polar surface area (TPSA) is 84.3 Å². The predicted octanol–water partition coefficient (Wildman–Crippen LogP) is 2.30. The molecule has 1 aromatic rings. The van der Waals surface area contributed by atoms with Gasteiger partial charge in [-0.25, -0.2) is 0 Å². The molecule has 0 heterocycles. The van der Waals surface area contributed by atoms with Crippen molar-refractivity contribution in [2.45, 2.75) is 13.3 Å². The lowest BCUT2D eigenvalue weighted by atomic mass is 10.2. The summed E-state index contributed by atoms with van der Waals surface area (Å²) in [5.41, 5.74) is 0.509. The van der Waals surface area contributed by atoms with Crippen LogP contribution in [0.2, 0.25) is 0 Å². The molecule has 6 nitrogen and oxygen atoms in total. The molecule has 0 saturated heterocycles. The van der Waals surface area contributed by atoms with Crippen molar-refractivity contribution in [3.63, 3.8) is 0 Å². The molecule has 0 spiro atoms. The van der Waals surface area contributed by atoms with E-state index >= 15 is 0 Å². The maximum atomic E-state index is 10.8. The molecule has 98 valence electrons. The molecule has 0 bridgehead atoms. The molecule has 0 aromatic heterocycles. The second-order valence-corrected chi connectivity index (χ2v) is 4.60. The lowest BCUT2D eigenvalue weighted by molar-refractivity contribution is -0.384. The van der Waals surface area contributed by atoms with Crippen molar-refractivity contribution >= 4 is 33.2 Å². The van der Waals surface area contributed by atoms with Crippen LogP contribution in [0.1, 0.15) is 13.3 Å². The largest absolute Gasteiger partial charge is 0.379 e. The van der Waals surface area contributed by atoms with Crippen LogP contribution in [0.25, 0.3) is 0 Å². The molecule has 1 rings (SSSR count). The molecular weight excluding hydrogens is 302 g/mol. The van der Waals surface area contributed by atoms with E-state index in [1.54, 1.807) is 12.1 Å². The number of rotatable bonds is 6. The number of carbonyl (C=O) groups is 1. The van der Waals surface area contributed by atoms with E-state index in [0.717, 1.165) is 0 Å². The zero-order valence-electron chi connectivity index (χ0n) is 9.90. The number of hydrogen-bond donors (Lipinski definition) is 2. The van der Waals surface area contributed by atoms with E-state index in [9.17, 15) is 14.9 Å². The maximum absolute atomic E-state index is 10.8. The molecule has 1 amide bonds. The minimum absolute atomic E-state index is 0.0314. The molecule has 1 aromatic carbocycles. The molecule has 2 N–H and O–H groups in total. The number of nitrogens with one attached hydrogen (secondary N) is 2. The Bertz CT molecular complexity index is 451. The highest BCUT2D eigenvalue weighted by Gasteiger charge is 2.13. The first-order valence-electron chi connectivity index (χ1n) is 5.43. The van der Waals surface area contributed by atoms with Crippen molar-refractivity contribution in [2.75, 3.05) is 18.4 Å². The summed E-state index contributed by atoms with van der Waals surface area (Å²) in [7, 11) is 0. The van der Waals surface area contributed by atoms with Gasteiger partial charge in [0, 0.05) is 30.6 Å². The van der Waals surface area contributed by atoms with E-state index in [4.69, 9.17) is 0 Å². The lowest BCUT2D eigenvalue weighted by Crippen LogP contribution is -2.22. The maximum Gasteiger partial charge on any atom is 0.293 e. The first-order valence-corrected chi connectivity index (χ1v) is 6.22. The number of hydrogen-bond acceptors (Lipinski definition) is 4. The molecule has 0 unspecified atom stereocenters. The standard InChI is InChI=1S/C11H14BrN3O3/c1-8(16)13-5-2-6-14-10-4-3-9(12)7-11(10)15(17)18/h3-4,7,14H,2,5-6H2,1H3,(H,13,16). The van der Waals surface area contributed by atoms with Gasteiger partial charge in [-0.3, -0.25) is 14.9 Å². The third-order valence-electron chi connectivity index (χ3n) is 2.20. The minimum atomic E-state index is -0.430. The number of nitro benzene ring substituents is 1. The second-order valence-electron chi connectivity index (χ2n) is 3.68. The molecule has 0 aliphatic heterocycles. The number of benzene rings is 1. The number of nitro groups is 1. The van der Waals surface area contributed by atoms with Crippen LogP contribution in [-0.2, 0) is 4.79 Å². The van der Waals surface area contributed by atoms with Crippen molar-refractivity contribution in [3.8, 4) is 0 Å². The van der Waals surface area contributed by atoms with E-state index in [0.29, 0.717) is 29.7 Å². The van der Waals surface area contributed by atoms with Gasteiger partial charge in [-0.15, -0.1) is 0 Å². The van der Waals surface area contributed by atoms with Crippen LogP contribution in [0.4, 0.5) is 11.4 Å². The Kier molecular flexibility index (Phi) is 5.57. The molecule has 7 heteroatoms. The first kappa shape index (κ1) is 14.4. The van der Waals surface area contributed by atoms with Gasteiger partial charge in [-0.1, -0.05) is 15.9 Å². The third kappa shape index (κ3) is 4.70. The molecule has 0 saturated carbocycles. The van der Waals surface area contributed by atoms with E-state index in [2.05, 4.69) is 26.6 Å². The Labute approximate surface area is 113 Å². The molecule has 0 radical (unpaired) electrons. The first-order chi connectivity index (χ1) is 8.50. The van der Waals surface area contributed by atoms with Crippen LogP contribution < -0.4 is 10.6 Å². The van der Waals surface area contributed by atoms with Crippen molar-refractivity contribution in [1.82, 2.24) is 5.32 Å². The summed E-state index contributed by atoms with van der Waals surface area (Å²) in [6, 6.07) is 4.85. The Morgan fingerprint density at radius 2 is 2.17 bits per heavy atom. The number of halogens is 1. The van der Waals surface area contributed by atoms with Crippen molar-refractivity contribution in [1.29, 1.82) is 0 Å². The van der Waals surface area contributed by atoms with Crippen molar-refractivity contribution in [3.05, 3.63) is 32.8 Å². The monoisotopic (exact) mass is 315 g/mol. The summed E-state index contributed by atoms with van der Waals surface area (Å²) in [4.78, 5) is 21.0. The van der Waals surface area contributed by atoms with Gasteiger partial charge in [0.1, 0.15) is 5.69 Å². The molecule has 0 atom stereocenters. The van der Waals surface area contributed by atoms with Gasteiger partial charge in [0.05, 0.1) is 4.92 Å². The highest BCUT2D eigenvalue weighted by molar-refractivity contribution is 9.10. The normalized spacial score (nSPS) is 9.89. The smallest absolute Gasteiger partial charge is 0.293 e. The number of amides is 1. The van der Waals surface area contributed by atoms with Crippen LogP contribution >= 0.6 is 15.9 Å². The average molecular weight is 316 g/mol. The zero-order valence-corrected chi connectivity index (χ0v) is 11.5. The Hall–Kier alpha value is -1.63. The fraction of sp³-hybridized carbons (Fsp3) is 0.364. The Balaban J connectivity index is 2.51. The van der Waals surface area contributed by atoms with Crippen LogP contribution in [0.15, 0.2) is 22.7 Å². The minimum Gasteiger partial charge on any atom is -0.379 e. The van der Waals surface area contributed by atoms with Crippen LogP contribution in [0, 0.1) is 10.1 Å². The highest BCUT2D eigenvalue weighted by atomic mass is 79.9. The van der Waals surface area contributed by atoms with Gasteiger partial charge in [0.25, 0.3) is 5.69 Å². The number of carbonyl (C=O) groups excluding carboxylic acids is 1. The van der Waals surface area contributed by atoms with E-state index in [1.807, 2.05) is 0 Å². The summed E-state index contributed by atoms with van der Waals surface area (Å²) >= 11 is 3.19. The summed E-state index contributed by atoms with van der Waals surface area (Å²) in [6.07, 6.45) is 0.701. The third-order valence-corrected chi connectivity index (χ3v) is 2.69.